The zero-order valence-corrected chi connectivity index (χ0v) is 10.7. The number of hydrogen-bond donors (Lipinski definition) is 2. The van der Waals surface area contributed by atoms with Gasteiger partial charge in [-0.2, -0.15) is 15.0 Å². The summed E-state index contributed by atoms with van der Waals surface area (Å²) in [7, 11) is 0. The molecule has 1 aromatic rings. The average molecular weight is 243 g/mol. The van der Waals surface area contributed by atoms with Crippen LogP contribution >= 0.6 is 11.8 Å². The molecule has 6 nitrogen and oxygen atoms in total. The maximum atomic E-state index is 5.41. The molecule has 0 radical (unpaired) electrons. The first-order valence-corrected chi connectivity index (χ1v) is 5.95. The van der Waals surface area contributed by atoms with Crippen LogP contribution in [-0.2, 0) is 0 Å². The van der Waals surface area contributed by atoms with E-state index in [1.807, 2.05) is 13.8 Å². The number of aromatic nitrogens is 3. The van der Waals surface area contributed by atoms with Gasteiger partial charge in [-0.25, -0.2) is 5.84 Å². The van der Waals surface area contributed by atoms with Crippen molar-refractivity contribution >= 4 is 17.7 Å². The van der Waals surface area contributed by atoms with E-state index >= 15 is 0 Å². The zero-order valence-electron chi connectivity index (χ0n) is 9.89. The van der Waals surface area contributed by atoms with Crippen molar-refractivity contribution in [2.45, 2.75) is 44.2 Å². The Morgan fingerprint density at radius 2 is 1.88 bits per heavy atom. The molecule has 3 N–H and O–H groups in total. The fraction of sp³-hybridized carbons (Fsp3) is 0.667. The van der Waals surface area contributed by atoms with Crippen LogP contribution in [0.25, 0.3) is 0 Å². The quantitative estimate of drug-likeness (QED) is 0.460. The summed E-state index contributed by atoms with van der Waals surface area (Å²) >= 11 is 1.53. The minimum atomic E-state index is 0.0184. The zero-order chi connectivity index (χ0) is 12.1. The second-order valence-corrected chi connectivity index (χ2v) is 5.25. The molecular formula is C9H17N5OS. The smallest absolute Gasteiger partial charge is 0.322 e. The SMILES string of the molecule is CC(C)Oc1nc(NN)nc(SC(C)C)n1. The first-order chi connectivity index (χ1) is 7.51. The van der Waals surface area contributed by atoms with Gasteiger partial charge in [0.25, 0.3) is 0 Å². The van der Waals surface area contributed by atoms with Crippen LogP contribution in [-0.4, -0.2) is 26.3 Å². The molecule has 0 unspecified atom stereocenters. The second-order valence-electron chi connectivity index (χ2n) is 3.70. The standard InChI is InChI=1S/C9H17N5OS/c1-5(2)15-8-11-7(14-10)12-9(13-8)16-6(3)4/h5-6H,10H2,1-4H3,(H,11,12,13,14). The van der Waals surface area contributed by atoms with Crippen molar-refractivity contribution in [3.05, 3.63) is 0 Å². The molecule has 16 heavy (non-hydrogen) atoms. The van der Waals surface area contributed by atoms with Crippen LogP contribution in [0.2, 0.25) is 0 Å². The predicted molar refractivity (Wildman–Crippen MR) is 64.4 cm³/mol. The van der Waals surface area contributed by atoms with Crippen LogP contribution in [0.15, 0.2) is 5.16 Å². The van der Waals surface area contributed by atoms with Crippen molar-refractivity contribution in [3.8, 4) is 6.01 Å². The highest BCUT2D eigenvalue weighted by Crippen LogP contribution is 2.21. The summed E-state index contributed by atoms with van der Waals surface area (Å²) in [5.41, 5.74) is 2.40. The molecule has 7 heteroatoms. The average Bonchev–Trinajstić information content (AvgIpc) is 2.14. The summed E-state index contributed by atoms with van der Waals surface area (Å²) in [6.07, 6.45) is 0.0184. The van der Waals surface area contributed by atoms with Crippen LogP contribution in [0.3, 0.4) is 0 Å². The Hall–Kier alpha value is -1.08. The van der Waals surface area contributed by atoms with E-state index in [1.54, 1.807) is 0 Å². The number of nitrogen functional groups attached to an aromatic ring is 1. The van der Waals surface area contributed by atoms with Crippen molar-refractivity contribution < 1.29 is 4.74 Å². The highest BCUT2D eigenvalue weighted by Gasteiger charge is 2.10. The van der Waals surface area contributed by atoms with Gasteiger partial charge < -0.3 is 4.74 Å². The van der Waals surface area contributed by atoms with Crippen LogP contribution in [0.4, 0.5) is 5.95 Å². The lowest BCUT2D eigenvalue weighted by Crippen LogP contribution is -2.15. The molecule has 0 aliphatic rings. The van der Waals surface area contributed by atoms with E-state index in [-0.39, 0.29) is 6.10 Å². The Labute approximate surface area is 99.4 Å². The van der Waals surface area contributed by atoms with Gasteiger partial charge in [0, 0.05) is 5.25 Å². The summed E-state index contributed by atoms with van der Waals surface area (Å²) in [6.45, 7) is 7.95. The van der Waals surface area contributed by atoms with Crippen LogP contribution in [0.5, 0.6) is 6.01 Å². The van der Waals surface area contributed by atoms with E-state index in [1.165, 1.54) is 11.8 Å². The van der Waals surface area contributed by atoms with Gasteiger partial charge in [-0.3, -0.25) is 5.43 Å². The molecule has 0 aliphatic heterocycles. The number of nitrogens with zero attached hydrogens (tertiary/aromatic N) is 3. The van der Waals surface area contributed by atoms with Crippen molar-refractivity contribution in [2.24, 2.45) is 5.84 Å². The van der Waals surface area contributed by atoms with Gasteiger partial charge in [-0.15, -0.1) is 0 Å². The first-order valence-electron chi connectivity index (χ1n) is 5.07. The molecule has 0 amide bonds. The number of nitrogens with one attached hydrogen (secondary N) is 1. The molecule has 0 bridgehead atoms. The largest absolute Gasteiger partial charge is 0.461 e. The molecule has 1 aromatic heterocycles. The van der Waals surface area contributed by atoms with Gasteiger partial charge in [0.15, 0.2) is 5.16 Å². The van der Waals surface area contributed by atoms with Crippen LogP contribution in [0.1, 0.15) is 27.7 Å². The van der Waals surface area contributed by atoms with Gasteiger partial charge >= 0.3 is 6.01 Å². The molecule has 0 fully saturated rings. The number of ether oxygens (including phenoxy) is 1. The highest BCUT2D eigenvalue weighted by atomic mass is 32.2. The van der Waals surface area contributed by atoms with Crippen molar-refractivity contribution in [1.82, 2.24) is 15.0 Å². The van der Waals surface area contributed by atoms with Crippen LogP contribution < -0.4 is 16.0 Å². The lowest BCUT2D eigenvalue weighted by atomic mass is 10.5. The molecule has 90 valence electrons. The van der Waals surface area contributed by atoms with E-state index in [9.17, 15) is 0 Å². The molecule has 0 atom stereocenters. The van der Waals surface area contributed by atoms with Gasteiger partial charge in [-0.1, -0.05) is 25.6 Å². The summed E-state index contributed by atoms with van der Waals surface area (Å²) in [4.78, 5) is 12.3. The monoisotopic (exact) mass is 243 g/mol. The predicted octanol–water partition coefficient (Wildman–Crippen LogP) is 1.44. The summed E-state index contributed by atoms with van der Waals surface area (Å²) < 4.78 is 5.41. The Bertz CT molecular complexity index is 316. The molecule has 0 aliphatic carbocycles. The van der Waals surface area contributed by atoms with Crippen molar-refractivity contribution in [3.63, 3.8) is 0 Å². The molecule has 0 saturated carbocycles. The lowest BCUT2D eigenvalue weighted by Gasteiger charge is -2.10. The minimum absolute atomic E-state index is 0.0184. The van der Waals surface area contributed by atoms with Gasteiger partial charge in [0.05, 0.1) is 6.10 Å². The van der Waals surface area contributed by atoms with Crippen molar-refractivity contribution in [2.75, 3.05) is 5.43 Å². The number of anilines is 1. The van der Waals surface area contributed by atoms with E-state index in [2.05, 4.69) is 34.2 Å². The molecule has 0 spiro atoms. The number of hydrazine groups is 1. The van der Waals surface area contributed by atoms with E-state index in [0.717, 1.165) is 0 Å². The number of nitrogens with two attached hydrogens (primary N) is 1. The normalized spacial score (nSPS) is 10.9. The third kappa shape index (κ3) is 4.19. The molecule has 0 aromatic carbocycles. The molecular weight excluding hydrogens is 226 g/mol. The summed E-state index contributed by atoms with van der Waals surface area (Å²) in [6, 6.07) is 0.293. The maximum absolute atomic E-state index is 5.41. The molecule has 0 saturated heterocycles. The van der Waals surface area contributed by atoms with E-state index < -0.39 is 0 Å². The van der Waals surface area contributed by atoms with E-state index in [0.29, 0.717) is 22.4 Å². The topological polar surface area (TPSA) is 86.0 Å². The van der Waals surface area contributed by atoms with E-state index in [4.69, 9.17) is 10.6 Å². The number of thioether (sulfide) groups is 1. The van der Waals surface area contributed by atoms with Crippen LogP contribution in [0, 0.1) is 0 Å². The Morgan fingerprint density at radius 3 is 2.38 bits per heavy atom. The highest BCUT2D eigenvalue weighted by molar-refractivity contribution is 7.99. The third-order valence-electron chi connectivity index (χ3n) is 1.41. The Morgan fingerprint density at radius 1 is 1.19 bits per heavy atom. The number of rotatable bonds is 5. The Balaban J connectivity index is 2.91. The van der Waals surface area contributed by atoms with Gasteiger partial charge in [0.1, 0.15) is 0 Å². The third-order valence-corrected chi connectivity index (χ3v) is 2.27. The fourth-order valence-corrected chi connectivity index (χ4v) is 1.62. The minimum Gasteiger partial charge on any atom is -0.461 e. The van der Waals surface area contributed by atoms with Crippen molar-refractivity contribution in [1.29, 1.82) is 0 Å². The van der Waals surface area contributed by atoms with Gasteiger partial charge in [-0.05, 0) is 13.8 Å². The summed E-state index contributed by atoms with van der Waals surface area (Å²) in [5, 5.41) is 0.994. The molecule has 1 heterocycles. The maximum Gasteiger partial charge on any atom is 0.322 e. The lowest BCUT2D eigenvalue weighted by molar-refractivity contribution is 0.219. The number of hydrogen-bond acceptors (Lipinski definition) is 7. The fourth-order valence-electron chi connectivity index (χ4n) is 0.930. The summed E-state index contributed by atoms with van der Waals surface area (Å²) in [5.74, 6) is 5.60. The molecule has 1 rings (SSSR count). The first kappa shape index (κ1) is 13.0. The second kappa shape index (κ2) is 5.86. The Kier molecular flexibility index (Phi) is 4.75. The van der Waals surface area contributed by atoms with Gasteiger partial charge in [0.2, 0.25) is 5.95 Å².